The third-order valence-electron chi connectivity index (χ3n) is 4.86. The SMILES string of the molecule is CS(=O)(=O)N1CCc2c(-c3ccccc3)cc3c(N=O)c(O)[nH]c3c2C1. The number of fused-ring (bicyclic) bond motifs is 3. The first-order valence-electron chi connectivity index (χ1n) is 8.13. The van der Waals surface area contributed by atoms with Gasteiger partial charge in [0.25, 0.3) is 0 Å². The lowest BCUT2D eigenvalue weighted by atomic mass is 9.89. The molecule has 0 aliphatic carbocycles. The molecule has 4 rings (SSSR count). The molecule has 0 saturated carbocycles. The standard InChI is InChI=1S/C18H17N3O4S/c1-26(24,25)21-8-7-12-13(11-5-3-2-4-6-11)9-14-16(15(12)10-21)19-18(22)17(14)20-23/h2-6,9,19,22H,7-8,10H2,1H3. The summed E-state index contributed by atoms with van der Waals surface area (Å²) in [6, 6.07) is 11.5. The Morgan fingerprint density at radius 3 is 2.58 bits per heavy atom. The molecular weight excluding hydrogens is 354 g/mol. The first kappa shape index (κ1) is 16.7. The van der Waals surface area contributed by atoms with Crippen molar-refractivity contribution in [2.24, 2.45) is 5.18 Å². The van der Waals surface area contributed by atoms with Crippen LogP contribution < -0.4 is 0 Å². The van der Waals surface area contributed by atoms with Crippen molar-refractivity contribution in [1.82, 2.24) is 9.29 Å². The van der Waals surface area contributed by atoms with E-state index in [2.05, 4.69) is 10.2 Å². The zero-order valence-corrected chi connectivity index (χ0v) is 14.9. The summed E-state index contributed by atoms with van der Waals surface area (Å²) in [5.74, 6) is -0.307. The second-order valence-corrected chi connectivity index (χ2v) is 8.41. The number of aromatic hydroxyl groups is 1. The van der Waals surface area contributed by atoms with Crippen molar-refractivity contribution in [2.75, 3.05) is 12.8 Å². The number of nitroso groups, excluding NO2 is 1. The molecule has 0 radical (unpaired) electrons. The highest BCUT2D eigenvalue weighted by Gasteiger charge is 2.29. The van der Waals surface area contributed by atoms with Gasteiger partial charge in [-0.05, 0) is 39.9 Å². The maximum Gasteiger partial charge on any atom is 0.219 e. The summed E-state index contributed by atoms with van der Waals surface area (Å²) in [7, 11) is -3.35. The van der Waals surface area contributed by atoms with Gasteiger partial charge in [-0.15, -0.1) is 4.91 Å². The molecular formula is C18H17N3O4S. The zero-order valence-electron chi connectivity index (χ0n) is 14.1. The summed E-state index contributed by atoms with van der Waals surface area (Å²) < 4.78 is 25.4. The van der Waals surface area contributed by atoms with Gasteiger partial charge in [0.2, 0.25) is 15.9 Å². The van der Waals surface area contributed by atoms with Crippen LogP contribution in [-0.4, -0.2) is 35.6 Å². The van der Waals surface area contributed by atoms with E-state index in [1.54, 1.807) is 0 Å². The van der Waals surface area contributed by atoms with Gasteiger partial charge in [-0.25, -0.2) is 8.42 Å². The van der Waals surface area contributed by atoms with Gasteiger partial charge in [-0.1, -0.05) is 30.3 Å². The molecule has 8 heteroatoms. The van der Waals surface area contributed by atoms with Crippen LogP contribution in [0.4, 0.5) is 5.69 Å². The molecule has 0 unspecified atom stereocenters. The van der Waals surface area contributed by atoms with Crippen LogP contribution in [0.5, 0.6) is 5.88 Å². The molecule has 1 aromatic heterocycles. The lowest BCUT2D eigenvalue weighted by molar-refractivity contribution is 0.396. The predicted octanol–water partition coefficient (Wildman–Crippen LogP) is 3.26. The third-order valence-corrected chi connectivity index (χ3v) is 6.11. The molecule has 134 valence electrons. The van der Waals surface area contributed by atoms with Crippen LogP contribution >= 0.6 is 0 Å². The first-order valence-corrected chi connectivity index (χ1v) is 9.98. The summed E-state index contributed by atoms with van der Waals surface area (Å²) in [5, 5.41) is 13.5. The Hall–Kier alpha value is -2.71. The minimum absolute atomic E-state index is 0.0588. The molecule has 2 N–H and O–H groups in total. The van der Waals surface area contributed by atoms with Crippen molar-refractivity contribution >= 4 is 26.6 Å². The largest absolute Gasteiger partial charge is 0.493 e. The topological polar surface area (TPSA) is 103 Å². The molecule has 2 heterocycles. The number of aromatic nitrogens is 1. The number of sulfonamides is 1. The van der Waals surface area contributed by atoms with E-state index in [1.807, 2.05) is 36.4 Å². The van der Waals surface area contributed by atoms with E-state index in [9.17, 15) is 18.4 Å². The van der Waals surface area contributed by atoms with E-state index in [0.717, 1.165) is 22.3 Å². The van der Waals surface area contributed by atoms with Crippen molar-refractivity contribution in [3.8, 4) is 17.0 Å². The van der Waals surface area contributed by atoms with E-state index in [4.69, 9.17) is 0 Å². The molecule has 3 aromatic rings. The molecule has 0 atom stereocenters. The Labute approximate surface area is 150 Å². The van der Waals surface area contributed by atoms with E-state index in [-0.39, 0.29) is 18.1 Å². The average molecular weight is 371 g/mol. The van der Waals surface area contributed by atoms with Crippen LogP contribution in [0.15, 0.2) is 41.6 Å². The van der Waals surface area contributed by atoms with Crippen LogP contribution in [-0.2, 0) is 23.0 Å². The van der Waals surface area contributed by atoms with Crippen LogP contribution in [0.1, 0.15) is 11.1 Å². The average Bonchev–Trinajstić information content (AvgIpc) is 2.95. The smallest absolute Gasteiger partial charge is 0.219 e. The zero-order chi connectivity index (χ0) is 18.5. The monoisotopic (exact) mass is 371 g/mol. The van der Waals surface area contributed by atoms with Crippen LogP contribution in [0, 0.1) is 4.91 Å². The van der Waals surface area contributed by atoms with Crippen molar-refractivity contribution in [1.29, 1.82) is 0 Å². The molecule has 0 bridgehead atoms. The third kappa shape index (κ3) is 2.58. The minimum Gasteiger partial charge on any atom is -0.493 e. The maximum absolute atomic E-state index is 12.0. The molecule has 0 fully saturated rings. The Balaban J connectivity index is 2.04. The fourth-order valence-corrected chi connectivity index (χ4v) is 4.40. The number of hydrogen-bond acceptors (Lipinski definition) is 5. The highest BCUT2D eigenvalue weighted by molar-refractivity contribution is 7.88. The Morgan fingerprint density at radius 1 is 1.19 bits per heavy atom. The van der Waals surface area contributed by atoms with Crippen LogP contribution in [0.3, 0.4) is 0 Å². The predicted molar refractivity (Wildman–Crippen MR) is 99.8 cm³/mol. The highest BCUT2D eigenvalue weighted by atomic mass is 32.2. The fraction of sp³-hybridized carbons (Fsp3) is 0.222. The Kier molecular flexibility index (Phi) is 3.82. The molecule has 7 nitrogen and oxygen atoms in total. The van der Waals surface area contributed by atoms with Crippen molar-refractivity contribution in [3.05, 3.63) is 52.4 Å². The molecule has 1 aliphatic heterocycles. The quantitative estimate of drug-likeness (QED) is 0.690. The molecule has 0 amide bonds. The van der Waals surface area contributed by atoms with Crippen LogP contribution in [0.25, 0.3) is 22.0 Å². The van der Waals surface area contributed by atoms with E-state index in [0.29, 0.717) is 23.9 Å². The van der Waals surface area contributed by atoms with Gasteiger partial charge in [0.15, 0.2) is 5.69 Å². The first-order chi connectivity index (χ1) is 12.4. The van der Waals surface area contributed by atoms with Gasteiger partial charge in [-0.3, -0.25) is 0 Å². The Bertz CT molecular complexity index is 1120. The lowest BCUT2D eigenvalue weighted by Gasteiger charge is -2.29. The second kappa shape index (κ2) is 5.93. The number of benzene rings is 2. The second-order valence-electron chi connectivity index (χ2n) is 6.43. The highest BCUT2D eigenvalue weighted by Crippen LogP contribution is 2.43. The number of aromatic amines is 1. The molecule has 2 aromatic carbocycles. The normalized spacial score (nSPS) is 15.1. The summed E-state index contributed by atoms with van der Waals surface area (Å²) in [6.45, 7) is 0.576. The Morgan fingerprint density at radius 2 is 1.92 bits per heavy atom. The molecule has 0 saturated heterocycles. The van der Waals surface area contributed by atoms with Gasteiger partial charge in [0.1, 0.15) is 0 Å². The molecule has 0 spiro atoms. The van der Waals surface area contributed by atoms with Gasteiger partial charge < -0.3 is 10.1 Å². The van der Waals surface area contributed by atoms with Gasteiger partial charge in [0, 0.05) is 18.5 Å². The van der Waals surface area contributed by atoms with E-state index >= 15 is 0 Å². The lowest BCUT2D eigenvalue weighted by Crippen LogP contribution is -2.35. The van der Waals surface area contributed by atoms with Crippen molar-refractivity contribution in [2.45, 2.75) is 13.0 Å². The number of nitrogens with one attached hydrogen (secondary N) is 1. The van der Waals surface area contributed by atoms with Gasteiger partial charge in [-0.2, -0.15) is 4.31 Å². The number of H-pyrrole nitrogens is 1. The summed E-state index contributed by atoms with van der Waals surface area (Å²) in [5.41, 5.74) is 4.17. The van der Waals surface area contributed by atoms with Crippen molar-refractivity contribution < 1.29 is 13.5 Å². The molecule has 26 heavy (non-hydrogen) atoms. The minimum atomic E-state index is -3.35. The van der Waals surface area contributed by atoms with E-state index < -0.39 is 10.0 Å². The molecule has 1 aliphatic rings. The van der Waals surface area contributed by atoms with E-state index in [1.165, 1.54) is 10.6 Å². The fourth-order valence-electron chi connectivity index (χ4n) is 3.62. The number of rotatable bonds is 3. The van der Waals surface area contributed by atoms with Crippen LogP contribution in [0.2, 0.25) is 0 Å². The summed E-state index contributed by atoms with van der Waals surface area (Å²) in [6.07, 6.45) is 1.73. The van der Waals surface area contributed by atoms with Gasteiger partial charge >= 0.3 is 0 Å². The maximum atomic E-state index is 12.0. The van der Waals surface area contributed by atoms with Gasteiger partial charge in [0.05, 0.1) is 11.8 Å². The summed E-state index contributed by atoms with van der Waals surface area (Å²) in [4.78, 5) is 14.0. The number of hydrogen-bond donors (Lipinski definition) is 2. The summed E-state index contributed by atoms with van der Waals surface area (Å²) >= 11 is 0. The number of nitrogens with zero attached hydrogens (tertiary/aromatic N) is 2. The van der Waals surface area contributed by atoms with Crippen molar-refractivity contribution in [3.63, 3.8) is 0 Å².